The molecule has 1 aromatic rings. The van der Waals surface area contributed by atoms with Crippen molar-refractivity contribution >= 4 is 5.69 Å². The molecule has 1 aliphatic carbocycles. The van der Waals surface area contributed by atoms with E-state index in [1.165, 1.54) is 19.3 Å². The van der Waals surface area contributed by atoms with Crippen LogP contribution >= 0.6 is 0 Å². The first kappa shape index (κ1) is 11.8. The molecule has 0 N–H and O–H groups in total. The largest absolute Gasteiger partial charge is 0.486 e. The molecule has 3 nitrogen and oxygen atoms in total. The molecule has 1 aliphatic rings. The Bertz CT molecular complexity index is 384. The van der Waals surface area contributed by atoms with E-state index in [4.69, 9.17) is 4.74 Å². The molecule has 1 aromatic carbocycles. The van der Waals surface area contributed by atoms with Gasteiger partial charge in [0, 0.05) is 0 Å². The van der Waals surface area contributed by atoms with Gasteiger partial charge in [-0.3, -0.25) is 0 Å². The summed E-state index contributed by atoms with van der Waals surface area (Å²) in [6.07, 6.45) is 10.5. The topological polar surface area (TPSA) is 38.7 Å². The third-order valence-corrected chi connectivity index (χ3v) is 2.94. The van der Waals surface area contributed by atoms with Crippen LogP contribution in [0.25, 0.3) is 0 Å². The van der Waals surface area contributed by atoms with E-state index in [1.807, 2.05) is 0 Å². The minimum absolute atomic E-state index is 0.158. The average Bonchev–Trinajstić information content (AvgIpc) is 2.33. The van der Waals surface area contributed by atoms with Gasteiger partial charge in [0.2, 0.25) is 0 Å². The Labute approximate surface area is 101 Å². The molecule has 2 rings (SSSR count). The number of rotatable bonds is 3. The lowest BCUT2D eigenvalue weighted by atomic mass is 10.0. The van der Waals surface area contributed by atoms with Crippen molar-refractivity contribution < 1.29 is 4.74 Å². The molecule has 0 saturated heterocycles. The smallest absolute Gasteiger partial charge is 0.120 e. The van der Waals surface area contributed by atoms with Crippen LogP contribution in [-0.4, -0.2) is 6.10 Å². The second-order valence-electron chi connectivity index (χ2n) is 4.31. The molecule has 0 amide bonds. The van der Waals surface area contributed by atoms with Gasteiger partial charge in [0.1, 0.15) is 17.5 Å². The van der Waals surface area contributed by atoms with Crippen LogP contribution in [0.5, 0.6) is 5.75 Å². The fourth-order valence-corrected chi connectivity index (χ4v) is 1.99. The predicted molar refractivity (Wildman–Crippen MR) is 68.5 cm³/mol. The van der Waals surface area contributed by atoms with E-state index < -0.39 is 0 Å². The van der Waals surface area contributed by atoms with Gasteiger partial charge in [-0.15, -0.1) is 4.91 Å². The Morgan fingerprint density at radius 1 is 1.12 bits per heavy atom. The van der Waals surface area contributed by atoms with Crippen LogP contribution in [0.3, 0.4) is 0 Å². The van der Waals surface area contributed by atoms with Gasteiger partial charge in [0.25, 0.3) is 0 Å². The van der Waals surface area contributed by atoms with Gasteiger partial charge in [-0.25, -0.2) is 0 Å². The highest BCUT2D eigenvalue weighted by Crippen LogP contribution is 2.21. The standard InChI is InChI=1S/C14H17NO2/c16-15-12-8-10-14(11-9-12)17-13-6-4-2-1-3-5-7-13/h4,6,8-11,13H,1-3,5,7H2/b6-4-. The molecular formula is C14H17NO2. The van der Waals surface area contributed by atoms with Gasteiger partial charge in [-0.2, -0.15) is 0 Å². The second kappa shape index (κ2) is 6.18. The Balaban J connectivity index is 1.97. The van der Waals surface area contributed by atoms with Gasteiger partial charge in [0.15, 0.2) is 0 Å². The summed E-state index contributed by atoms with van der Waals surface area (Å²) in [5.74, 6) is 0.799. The summed E-state index contributed by atoms with van der Waals surface area (Å²) in [4.78, 5) is 10.3. The van der Waals surface area contributed by atoms with Crippen LogP contribution in [-0.2, 0) is 0 Å². The molecule has 0 fully saturated rings. The molecular weight excluding hydrogens is 214 g/mol. The first-order chi connectivity index (χ1) is 8.38. The lowest BCUT2D eigenvalue weighted by Gasteiger charge is -2.17. The fraction of sp³-hybridized carbons (Fsp3) is 0.429. The number of nitrogens with zero attached hydrogens (tertiary/aromatic N) is 1. The molecule has 0 aliphatic heterocycles. The number of hydrogen-bond donors (Lipinski definition) is 0. The van der Waals surface area contributed by atoms with E-state index in [0.717, 1.165) is 18.6 Å². The summed E-state index contributed by atoms with van der Waals surface area (Å²) in [5.41, 5.74) is 0.436. The summed E-state index contributed by atoms with van der Waals surface area (Å²) in [6, 6.07) is 6.94. The summed E-state index contributed by atoms with van der Waals surface area (Å²) in [7, 11) is 0. The van der Waals surface area contributed by atoms with Crippen LogP contribution < -0.4 is 4.74 Å². The average molecular weight is 231 g/mol. The lowest BCUT2D eigenvalue weighted by molar-refractivity contribution is 0.231. The van der Waals surface area contributed by atoms with Crippen LogP contribution in [0, 0.1) is 4.91 Å². The predicted octanol–water partition coefficient (Wildman–Crippen LogP) is 4.35. The van der Waals surface area contributed by atoms with Crippen molar-refractivity contribution in [2.24, 2.45) is 5.18 Å². The second-order valence-corrected chi connectivity index (χ2v) is 4.31. The number of hydrogen-bond acceptors (Lipinski definition) is 3. The number of benzene rings is 1. The molecule has 0 bridgehead atoms. The number of ether oxygens (including phenoxy) is 1. The van der Waals surface area contributed by atoms with Crippen molar-refractivity contribution in [1.82, 2.24) is 0 Å². The van der Waals surface area contributed by atoms with Crippen molar-refractivity contribution in [3.8, 4) is 5.75 Å². The van der Waals surface area contributed by atoms with E-state index in [2.05, 4.69) is 17.3 Å². The highest BCUT2D eigenvalue weighted by molar-refractivity contribution is 5.40. The quantitative estimate of drug-likeness (QED) is 0.573. The minimum Gasteiger partial charge on any atom is -0.486 e. The van der Waals surface area contributed by atoms with E-state index in [0.29, 0.717) is 5.69 Å². The molecule has 1 unspecified atom stereocenters. The van der Waals surface area contributed by atoms with Crippen molar-refractivity contribution in [2.75, 3.05) is 0 Å². The monoisotopic (exact) mass is 231 g/mol. The zero-order valence-corrected chi connectivity index (χ0v) is 9.84. The number of nitroso groups, excluding NO2 is 1. The third-order valence-electron chi connectivity index (χ3n) is 2.94. The summed E-state index contributed by atoms with van der Waals surface area (Å²) in [6.45, 7) is 0. The molecule has 0 radical (unpaired) electrons. The number of allylic oxidation sites excluding steroid dienone is 1. The third kappa shape index (κ3) is 3.70. The van der Waals surface area contributed by atoms with Crippen LogP contribution in [0.15, 0.2) is 41.6 Å². The normalized spacial score (nSPS) is 22.2. The maximum atomic E-state index is 10.3. The highest BCUT2D eigenvalue weighted by atomic mass is 16.5. The highest BCUT2D eigenvalue weighted by Gasteiger charge is 2.08. The van der Waals surface area contributed by atoms with E-state index in [-0.39, 0.29) is 6.10 Å². The Morgan fingerprint density at radius 2 is 1.94 bits per heavy atom. The van der Waals surface area contributed by atoms with Crippen LogP contribution in [0.2, 0.25) is 0 Å². The first-order valence-electron chi connectivity index (χ1n) is 6.15. The molecule has 0 saturated carbocycles. The van der Waals surface area contributed by atoms with Crippen LogP contribution in [0.1, 0.15) is 32.1 Å². The van der Waals surface area contributed by atoms with Crippen molar-refractivity contribution in [1.29, 1.82) is 0 Å². The van der Waals surface area contributed by atoms with E-state index >= 15 is 0 Å². The molecule has 1 atom stereocenters. The Morgan fingerprint density at radius 3 is 2.71 bits per heavy atom. The first-order valence-corrected chi connectivity index (χ1v) is 6.15. The summed E-state index contributed by atoms with van der Waals surface area (Å²) < 4.78 is 5.86. The van der Waals surface area contributed by atoms with Crippen molar-refractivity contribution in [3.63, 3.8) is 0 Å². The lowest BCUT2D eigenvalue weighted by Crippen LogP contribution is -2.14. The molecule has 0 heterocycles. The van der Waals surface area contributed by atoms with Crippen molar-refractivity contribution in [3.05, 3.63) is 41.3 Å². The van der Waals surface area contributed by atoms with E-state index in [1.54, 1.807) is 24.3 Å². The van der Waals surface area contributed by atoms with Gasteiger partial charge in [0.05, 0.1) is 0 Å². The van der Waals surface area contributed by atoms with E-state index in [9.17, 15) is 4.91 Å². The SMILES string of the molecule is O=Nc1ccc(OC2/C=C\CCCCC2)cc1. The minimum atomic E-state index is 0.158. The van der Waals surface area contributed by atoms with Gasteiger partial charge >= 0.3 is 0 Å². The van der Waals surface area contributed by atoms with Gasteiger partial charge in [-0.1, -0.05) is 12.5 Å². The van der Waals surface area contributed by atoms with Gasteiger partial charge in [-0.05, 0) is 61.2 Å². The van der Waals surface area contributed by atoms with Gasteiger partial charge < -0.3 is 4.74 Å². The Kier molecular flexibility index (Phi) is 4.30. The maximum Gasteiger partial charge on any atom is 0.120 e. The molecule has 0 spiro atoms. The fourth-order valence-electron chi connectivity index (χ4n) is 1.99. The zero-order chi connectivity index (χ0) is 11.9. The molecule has 0 aromatic heterocycles. The summed E-state index contributed by atoms with van der Waals surface area (Å²) in [5, 5.41) is 2.87. The van der Waals surface area contributed by atoms with Crippen LogP contribution in [0.4, 0.5) is 5.69 Å². The molecule has 17 heavy (non-hydrogen) atoms. The molecule has 90 valence electrons. The molecule has 3 heteroatoms. The maximum absolute atomic E-state index is 10.3. The summed E-state index contributed by atoms with van der Waals surface area (Å²) >= 11 is 0. The Hall–Kier alpha value is -1.64. The van der Waals surface area contributed by atoms with Crippen molar-refractivity contribution in [2.45, 2.75) is 38.2 Å². The zero-order valence-electron chi connectivity index (χ0n) is 9.84.